The van der Waals surface area contributed by atoms with Gasteiger partial charge in [-0.15, -0.1) is 35.7 Å². The summed E-state index contributed by atoms with van der Waals surface area (Å²) in [6.07, 6.45) is 1.48. The van der Waals surface area contributed by atoms with E-state index in [1.165, 1.54) is 11.2 Å². The molecular weight excluding hydrogens is 511 g/mol. The van der Waals surface area contributed by atoms with E-state index in [-0.39, 0.29) is 35.6 Å². The number of carbonyl (C=O) groups excluding carboxylic acids is 1. The highest BCUT2D eigenvalue weighted by atomic mass is 127. The maximum atomic E-state index is 12.0. The third kappa shape index (κ3) is 7.75. The van der Waals surface area contributed by atoms with Gasteiger partial charge in [0, 0.05) is 36.5 Å². The summed E-state index contributed by atoms with van der Waals surface area (Å²) in [7, 11) is 1.76. The number of halogens is 1. The number of furan rings is 1. The van der Waals surface area contributed by atoms with Crippen molar-refractivity contribution in [2.75, 3.05) is 24.7 Å². The van der Waals surface area contributed by atoms with Gasteiger partial charge in [0.25, 0.3) is 5.91 Å². The van der Waals surface area contributed by atoms with Crippen molar-refractivity contribution in [1.82, 2.24) is 10.6 Å². The van der Waals surface area contributed by atoms with E-state index in [1.807, 2.05) is 42.5 Å². The van der Waals surface area contributed by atoms with Gasteiger partial charge < -0.3 is 20.4 Å². The van der Waals surface area contributed by atoms with E-state index in [1.54, 1.807) is 30.9 Å². The average molecular weight is 536 g/mol. The molecule has 0 saturated carbocycles. The summed E-state index contributed by atoms with van der Waals surface area (Å²) in [5.74, 6) is 1.73. The molecule has 3 rings (SSSR count). The number of amides is 1. The first-order valence-electron chi connectivity index (χ1n) is 9.31. The van der Waals surface area contributed by atoms with Gasteiger partial charge in [0.2, 0.25) is 0 Å². The van der Waals surface area contributed by atoms with Crippen LogP contribution in [-0.2, 0) is 6.54 Å². The molecule has 30 heavy (non-hydrogen) atoms. The van der Waals surface area contributed by atoms with Gasteiger partial charge in [-0.25, -0.2) is 0 Å². The molecule has 0 saturated heterocycles. The minimum atomic E-state index is -0.265. The molecule has 1 heterocycles. The largest absolute Gasteiger partial charge is 0.459 e. The maximum absolute atomic E-state index is 12.0. The minimum Gasteiger partial charge on any atom is -0.459 e. The molecule has 0 bridgehead atoms. The zero-order valence-corrected chi connectivity index (χ0v) is 19.8. The van der Waals surface area contributed by atoms with E-state index in [9.17, 15) is 4.79 Å². The lowest BCUT2D eigenvalue weighted by Crippen LogP contribution is -2.37. The maximum Gasteiger partial charge on any atom is 0.291 e. The Bertz CT molecular complexity index is 916. The molecule has 3 N–H and O–H groups in total. The van der Waals surface area contributed by atoms with Gasteiger partial charge in [-0.1, -0.05) is 30.3 Å². The second-order valence-electron chi connectivity index (χ2n) is 6.14. The second kappa shape index (κ2) is 13.0. The Balaban J connectivity index is 0.00000320. The Morgan fingerprint density at radius 3 is 2.43 bits per heavy atom. The van der Waals surface area contributed by atoms with Gasteiger partial charge in [-0.2, -0.15) is 0 Å². The Labute approximate surface area is 198 Å². The summed E-state index contributed by atoms with van der Waals surface area (Å²) >= 11 is 1.81. The highest BCUT2D eigenvalue weighted by Crippen LogP contribution is 2.15. The summed E-state index contributed by atoms with van der Waals surface area (Å²) < 4.78 is 5.09. The van der Waals surface area contributed by atoms with Crippen LogP contribution in [0, 0.1) is 0 Å². The molecule has 8 heteroatoms. The van der Waals surface area contributed by atoms with E-state index in [4.69, 9.17) is 4.42 Å². The van der Waals surface area contributed by atoms with Crippen molar-refractivity contribution in [3.63, 3.8) is 0 Å². The predicted octanol–water partition coefficient (Wildman–Crippen LogP) is 4.61. The fourth-order valence-corrected chi connectivity index (χ4v) is 3.36. The van der Waals surface area contributed by atoms with Crippen LogP contribution in [0.15, 0.2) is 87.3 Å². The van der Waals surface area contributed by atoms with Crippen molar-refractivity contribution in [2.45, 2.75) is 11.4 Å². The van der Waals surface area contributed by atoms with Crippen LogP contribution in [0.25, 0.3) is 0 Å². The summed E-state index contributed by atoms with van der Waals surface area (Å²) in [6, 6.07) is 21.3. The molecule has 0 spiro atoms. The molecule has 0 unspecified atom stereocenters. The SMILES string of the molecule is CN=C(NCCSc1ccccc1)NCc1ccc(NC(=O)c2ccco2)cc1.I. The highest BCUT2D eigenvalue weighted by molar-refractivity contribution is 14.0. The number of nitrogens with one attached hydrogen (secondary N) is 3. The smallest absolute Gasteiger partial charge is 0.291 e. The number of rotatable bonds is 8. The van der Waals surface area contributed by atoms with Crippen LogP contribution in [0.5, 0.6) is 0 Å². The van der Waals surface area contributed by atoms with Gasteiger partial charge in [0.1, 0.15) is 0 Å². The van der Waals surface area contributed by atoms with Gasteiger partial charge >= 0.3 is 0 Å². The Morgan fingerprint density at radius 2 is 1.77 bits per heavy atom. The third-order valence-corrected chi connectivity index (χ3v) is 5.06. The Morgan fingerprint density at radius 1 is 1.00 bits per heavy atom. The molecule has 0 atom stereocenters. The number of thioether (sulfide) groups is 1. The van der Waals surface area contributed by atoms with Crippen molar-refractivity contribution in [1.29, 1.82) is 0 Å². The monoisotopic (exact) mass is 536 g/mol. The zero-order chi connectivity index (χ0) is 20.3. The lowest BCUT2D eigenvalue weighted by atomic mass is 10.2. The molecule has 2 aromatic carbocycles. The zero-order valence-electron chi connectivity index (χ0n) is 16.6. The number of hydrogen-bond acceptors (Lipinski definition) is 4. The number of aliphatic imine (C=N–C) groups is 1. The van der Waals surface area contributed by atoms with Crippen LogP contribution >= 0.6 is 35.7 Å². The molecule has 3 aromatic rings. The molecule has 1 amide bonds. The standard InChI is InChI=1S/C22H24N4O2S.HI/c1-23-22(24-13-15-29-19-6-3-2-4-7-19)25-16-17-9-11-18(12-10-17)26-21(27)20-8-5-14-28-20;/h2-12,14H,13,15-16H2,1H3,(H,26,27)(H2,23,24,25);1H. The molecule has 0 aliphatic carbocycles. The average Bonchev–Trinajstić information content (AvgIpc) is 3.30. The second-order valence-corrected chi connectivity index (χ2v) is 7.31. The van der Waals surface area contributed by atoms with Crippen molar-refractivity contribution < 1.29 is 9.21 Å². The third-order valence-electron chi connectivity index (χ3n) is 4.05. The van der Waals surface area contributed by atoms with Crippen LogP contribution < -0.4 is 16.0 Å². The Kier molecular flexibility index (Phi) is 10.3. The fourth-order valence-electron chi connectivity index (χ4n) is 2.57. The van der Waals surface area contributed by atoms with Crippen LogP contribution in [0.3, 0.4) is 0 Å². The number of nitrogens with zero attached hydrogens (tertiary/aromatic N) is 1. The quantitative estimate of drug-likeness (QED) is 0.129. The fraction of sp³-hybridized carbons (Fsp3) is 0.182. The van der Waals surface area contributed by atoms with Gasteiger partial charge in [-0.05, 0) is 42.0 Å². The minimum absolute atomic E-state index is 0. The molecule has 1 aromatic heterocycles. The first-order chi connectivity index (χ1) is 14.2. The Hall–Kier alpha value is -2.46. The van der Waals surface area contributed by atoms with Crippen molar-refractivity contribution in [2.24, 2.45) is 4.99 Å². The van der Waals surface area contributed by atoms with Crippen molar-refractivity contribution >= 4 is 53.3 Å². The number of guanidine groups is 1. The molecule has 6 nitrogen and oxygen atoms in total. The van der Waals surface area contributed by atoms with Crippen LogP contribution in [0.1, 0.15) is 16.1 Å². The van der Waals surface area contributed by atoms with E-state index < -0.39 is 0 Å². The number of anilines is 1. The van der Waals surface area contributed by atoms with Gasteiger partial charge in [-0.3, -0.25) is 9.79 Å². The number of benzene rings is 2. The molecule has 158 valence electrons. The van der Waals surface area contributed by atoms with Gasteiger partial charge in [0.15, 0.2) is 11.7 Å². The highest BCUT2D eigenvalue weighted by Gasteiger charge is 2.08. The van der Waals surface area contributed by atoms with E-state index in [0.29, 0.717) is 6.54 Å². The van der Waals surface area contributed by atoms with E-state index in [0.717, 1.165) is 29.5 Å². The van der Waals surface area contributed by atoms with E-state index in [2.05, 4.69) is 33.1 Å². The number of carbonyl (C=O) groups is 1. The molecule has 0 fully saturated rings. The van der Waals surface area contributed by atoms with Crippen LogP contribution in [0.2, 0.25) is 0 Å². The summed E-state index contributed by atoms with van der Waals surface area (Å²) in [5, 5.41) is 9.41. The van der Waals surface area contributed by atoms with Crippen LogP contribution in [0.4, 0.5) is 5.69 Å². The first kappa shape index (κ1) is 23.8. The molecule has 0 aliphatic rings. The molecule has 0 aliphatic heterocycles. The summed E-state index contributed by atoms with van der Waals surface area (Å²) in [5.41, 5.74) is 1.80. The summed E-state index contributed by atoms with van der Waals surface area (Å²) in [6.45, 7) is 1.45. The van der Waals surface area contributed by atoms with Crippen molar-refractivity contribution in [3.8, 4) is 0 Å². The van der Waals surface area contributed by atoms with E-state index >= 15 is 0 Å². The lowest BCUT2D eigenvalue weighted by molar-refractivity contribution is 0.0996. The van der Waals surface area contributed by atoms with Crippen molar-refractivity contribution in [3.05, 3.63) is 84.3 Å². The normalized spacial score (nSPS) is 10.8. The number of hydrogen-bond donors (Lipinski definition) is 3. The molecule has 0 radical (unpaired) electrons. The first-order valence-corrected chi connectivity index (χ1v) is 10.3. The van der Waals surface area contributed by atoms with Gasteiger partial charge in [0.05, 0.1) is 6.26 Å². The predicted molar refractivity (Wildman–Crippen MR) is 134 cm³/mol. The topological polar surface area (TPSA) is 78.7 Å². The molecular formula is C22H25IN4O2S. The van der Waals surface area contributed by atoms with Crippen LogP contribution in [-0.4, -0.2) is 31.2 Å². The summed E-state index contributed by atoms with van der Waals surface area (Å²) in [4.78, 5) is 17.5. The lowest BCUT2D eigenvalue weighted by Gasteiger charge is -2.12.